The van der Waals surface area contributed by atoms with E-state index in [1.807, 2.05) is 0 Å². The second-order valence-corrected chi connectivity index (χ2v) is 4.13. The van der Waals surface area contributed by atoms with Gasteiger partial charge in [-0.25, -0.2) is 4.98 Å². The molecule has 0 saturated heterocycles. The molecule has 1 fully saturated rings. The smallest absolute Gasteiger partial charge is 0.252 e. The average molecular weight is 232 g/mol. The van der Waals surface area contributed by atoms with E-state index in [2.05, 4.69) is 20.4 Å². The predicted molar refractivity (Wildman–Crippen MR) is 60.7 cm³/mol. The Morgan fingerprint density at radius 3 is 3.12 bits per heavy atom. The number of nitrogens with zero attached hydrogens (tertiary/aromatic N) is 2. The van der Waals surface area contributed by atoms with Crippen molar-refractivity contribution in [3.63, 3.8) is 0 Å². The molecule has 1 aliphatic carbocycles. The highest BCUT2D eigenvalue weighted by Gasteiger charge is 2.26. The molecule has 0 radical (unpaired) electrons. The van der Waals surface area contributed by atoms with Gasteiger partial charge >= 0.3 is 0 Å². The molecule has 88 valence electrons. The molecule has 0 spiro atoms. The molecule has 0 bridgehead atoms. The lowest BCUT2D eigenvalue weighted by molar-refractivity contribution is 0.412. The number of hydrogen-bond donors (Lipinski definition) is 2. The van der Waals surface area contributed by atoms with Crippen molar-refractivity contribution in [3.8, 4) is 0 Å². The summed E-state index contributed by atoms with van der Waals surface area (Å²) in [6.07, 6.45) is 3.73. The van der Waals surface area contributed by atoms with Gasteiger partial charge in [-0.05, 0) is 12.8 Å². The van der Waals surface area contributed by atoms with Gasteiger partial charge in [0.05, 0.1) is 6.54 Å². The third kappa shape index (κ3) is 2.35. The number of rotatable bonds is 4. The van der Waals surface area contributed by atoms with E-state index in [0.29, 0.717) is 18.3 Å². The molecule has 1 aliphatic rings. The second kappa shape index (κ2) is 4.04. The van der Waals surface area contributed by atoms with E-state index in [1.165, 1.54) is 12.3 Å². The molecule has 0 atom stereocenters. The summed E-state index contributed by atoms with van der Waals surface area (Å²) in [5.74, 6) is 1.79. The van der Waals surface area contributed by atoms with Gasteiger partial charge in [-0.2, -0.15) is 0 Å². The van der Waals surface area contributed by atoms with Crippen molar-refractivity contribution < 1.29 is 4.52 Å². The Morgan fingerprint density at radius 1 is 1.53 bits per heavy atom. The number of hydrogen-bond acceptors (Lipinski definition) is 5. The molecule has 2 N–H and O–H groups in total. The maximum Gasteiger partial charge on any atom is 0.252 e. The van der Waals surface area contributed by atoms with Crippen LogP contribution in [0.15, 0.2) is 27.7 Å². The van der Waals surface area contributed by atoms with Gasteiger partial charge < -0.3 is 14.8 Å². The Kier molecular flexibility index (Phi) is 2.40. The van der Waals surface area contributed by atoms with E-state index in [4.69, 9.17) is 4.52 Å². The lowest BCUT2D eigenvalue weighted by Crippen LogP contribution is -2.13. The summed E-state index contributed by atoms with van der Waals surface area (Å²) in [5.41, 5.74) is 0.657. The van der Waals surface area contributed by atoms with Crippen molar-refractivity contribution in [2.45, 2.75) is 25.3 Å². The maximum absolute atomic E-state index is 11.4. The van der Waals surface area contributed by atoms with Gasteiger partial charge in [0.25, 0.3) is 5.56 Å². The van der Waals surface area contributed by atoms with Crippen LogP contribution < -0.4 is 10.9 Å². The fourth-order valence-corrected chi connectivity index (χ4v) is 1.63. The summed E-state index contributed by atoms with van der Waals surface area (Å²) in [4.78, 5) is 18.6. The fraction of sp³-hybridized carbons (Fsp3) is 0.364. The third-order valence-electron chi connectivity index (χ3n) is 2.67. The maximum atomic E-state index is 11.4. The number of nitrogens with one attached hydrogen (secondary N) is 2. The highest BCUT2D eigenvalue weighted by Crippen LogP contribution is 2.37. The van der Waals surface area contributed by atoms with E-state index >= 15 is 0 Å². The Bertz CT molecular complexity index is 557. The highest BCUT2D eigenvalue weighted by atomic mass is 16.5. The molecule has 6 heteroatoms. The quantitative estimate of drug-likeness (QED) is 0.828. The zero-order valence-electron chi connectivity index (χ0n) is 9.14. The summed E-state index contributed by atoms with van der Waals surface area (Å²) in [5, 5.41) is 6.83. The number of H-pyrrole nitrogens is 1. The van der Waals surface area contributed by atoms with Crippen LogP contribution in [0.25, 0.3) is 0 Å². The van der Waals surface area contributed by atoms with Crippen molar-refractivity contribution in [2.75, 3.05) is 5.32 Å². The van der Waals surface area contributed by atoms with E-state index in [0.717, 1.165) is 24.4 Å². The molecule has 0 amide bonds. The van der Waals surface area contributed by atoms with Crippen molar-refractivity contribution >= 4 is 5.82 Å². The molecule has 0 aromatic carbocycles. The molecule has 6 nitrogen and oxygen atoms in total. The van der Waals surface area contributed by atoms with Crippen LogP contribution in [0, 0.1) is 0 Å². The lowest BCUT2D eigenvalue weighted by atomic mass is 10.4. The largest absolute Gasteiger partial charge is 0.364 e. The minimum Gasteiger partial charge on any atom is -0.364 e. The van der Waals surface area contributed by atoms with Crippen LogP contribution in [0.2, 0.25) is 0 Å². The molecule has 2 aromatic rings. The molecule has 1 saturated carbocycles. The molecular weight excluding hydrogens is 220 g/mol. The summed E-state index contributed by atoms with van der Waals surface area (Å²) >= 11 is 0. The molecule has 3 rings (SSSR count). The standard InChI is InChI=1S/C11H12N4O2/c16-10-5-9(12-6-8-3-4-17-15-8)13-11(14-10)7-1-2-7/h3-5,7H,1-2,6H2,(H2,12,13,14,16). The number of aromatic amines is 1. The van der Waals surface area contributed by atoms with Gasteiger partial charge in [0.15, 0.2) is 0 Å². The topological polar surface area (TPSA) is 83.8 Å². The van der Waals surface area contributed by atoms with Gasteiger partial charge in [-0.1, -0.05) is 5.16 Å². The second-order valence-electron chi connectivity index (χ2n) is 4.13. The van der Waals surface area contributed by atoms with Crippen molar-refractivity contribution in [2.24, 2.45) is 0 Å². The van der Waals surface area contributed by atoms with Crippen LogP contribution in [-0.4, -0.2) is 15.1 Å². The molecule has 2 heterocycles. The first-order chi connectivity index (χ1) is 8.31. The van der Waals surface area contributed by atoms with Crippen LogP contribution >= 0.6 is 0 Å². The predicted octanol–water partition coefficient (Wildman–Crippen LogP) is 1.25. The van der Waals surface area contributed by atoms with Crippen molar-refractivity contribution in [1.29, 1.82) is 0 Å². The molecular formula is C11H12N4O2. The average Bonchev–Trinajstić information content (AvgIpc) is 3.04. The minimum absolute atomic E-state index is 0.121. The van der Waals surface area contributed by atoms with Crippen LogP contribution in [0.4, 0.5) is 5.82 Å². The van der Waals surface area contributed by atoms with Gasteiger partial charge in [0.2, 0.25) is 0 Å². The Labute approximate surface area is 97.1 Å². The zero-order valence-corrected chi connectivity index (χ0v) is 9.14. The van der Waals surface area contributed by atoms with Crippen molar-refractivity contribution in [3.05, 3.63) is 40.3 Å². The normalized spacial score (nSPS) is 14.8. The van der Waals surface area contributed by atoms with Crippen molar-refractivity contribution in [1.82, 2.24) is 15.1 Å². The monoisotopic (exact) mass is 232 g/mol. The van der Waals surface area contributed by atoms with Crippen LogP contribution in [-0.2, 0) is 6.54 Å². The molecule has 17 heavy (non-hydrogen) atoms. The lowest BCUT2D eigenvalue weighted by Gasteiger charge is -2.04. The number of anilines is 1. The first-order valence-electron chi connectivity index (χ1n) is 5.55. The molecule has 2 aromatic heterocycles. The molecule has 0 aliphatic heterocycles. The van der Waals surface area contributed by atoms with Gasteiger partial charge in [0, 0.05) is 18.1 Å². The van der Waals surface area contributed by atoms with E-state index in [-0.39, 0.29) is 5.56 Å². The zero-order chi connectivity index (χ0) is 11.7. The Balaban J connectivity index is 1.75. The Morgan fingerprint density at radius 2 is 2.41 bits per heavy atom. The summed E-state index contributed by atoms with van der Waals surface area (Å²) in [6, 6.07) is 3.22. The van der Waals surface area contributed by atoms with Gasteiger partial charge in [0.1, 0.15) is 23.6 Å². The highest BCUT2D eigenvalue weighted by molar-refractivity contribution is 5.34. The summed E-state index contributed by atoms with van der Waals surface area (Å²) < 4.78 is 4.72. The van der Waals surface area contributed by atoms with Crippen LogP contribution in [0.1, 0.15) is 30.3 Å². The SMILES string of the molecule is O=c1cc(NCc2ccon2)nc(C2CC2)[nH]1. The van der Waals surface area contributed by atoms with E-state index in [1.54, 1.807) is 6.07 Å². The van der Waals surface area contributed by atoms with Gasteiger partial charge in [-0.15, -0.1) is 0 Å². The third-order valence-corrected chi connectivity index (χ3v) is 2.67. The van der Waals surface area contributed by atoms with Crippen LogP contribution in [0.3, 0.4) is 0 Å². The fourth-order valence-electron chi connectivity index (χ4n) is 1.63. The van der Waals surface area contributed by atoms with Gasteiger partial charge in [-0.3, -0.25) is 4.79 Å². The molecule has 0 unspecified atom stereocenters. The van der Waals surface area contributed by atoms with Crippen LogP contribution in [0.5, 0.6) is 0 Å². The number of aromatic nitrogens is 3. The minimum atomic E-state index is -0.121. The summed E-state index contributed by atoms with van der Waals surface area (Å²) in [7, 11) is 0. The Hall–Kier alpha value is -2.11. The summed E-state index contributed by atoms with van der Waals surface area (Å²) in [6.45, 7) is 0.497. The first kappa shape index (κ1) is 10.1. The van der Waals surface area contributed by atoms with E-state index in [9.17, 15) is 4.79 Å². The van der Waals surface area contributed by atoms with E-state index < -0.39 is 0 Å². The first-order valence-corrected chi connectivity index (χ1v) is 5.55.